The average Bonchev–Trinajstić information content (AvgIpc) is 3.46. The lowest BCUT2D eigenvalue weighted by Gasteiger charge is -2.26. The van der Waals surface area contributed by atoms with Crippen molar-refractivity contribution in [2.45, 2.75) is 19.0 Å². The van der Waals surface area contributed by atoms with Crippen LogP contribution in [0, 0.1) is 6.92 Å². The second-order valence-electron chi connectivity index (χ2n) is 7.86. The monoisotopic (exact) mass is 475 g/mol. The van der Waals surface area contributed by atoms with E-state index in [1.165, 1.54) is 0 Å². The highest BCUT2D eigenvalue weighted by Gasteiger charge is 2.42. The molecule has 7 heteroatoms. The van der Waals surface area contributed by atoms with Crippen LogP contribution in [0.5, 0.6) is 5.75 Å². The number of aromatic nitrogens is 1. The molecule has 0 bridgehead atoms. The van der Waals surface area contributed by atoms with Gasteiger partial charge in [0.05, 0.1) is 18.8 Å². The molecule has 0 aliphatic carbocycles. The Morgan fingerprint density at radius 2 is 1.88 bits per heavy atom. The molecule has 0 spiro atoms. The van der Waals surface area contributed by atoms with Crippen LogP contribution in [0.2, 0.25) is 5.02 Å². The van der Waals surface area contributed by atoms with Crippen LogP contribution < -0.4 is 15.0 Å². The SMILES string of the molecule is COc1ccc(N2C(=S)N[C@@H](c3ccccn3)[C@@H]2c2ccc(-c3cc(Cl)ccc3C)o2)cc1. The summed E-state index contributed by atoms with van der Waals surface area (Å²) in [4.78, 5) is 6.66. The lowest BCUT2D eigenvalue weighted by molar-refractivity contribution is 0.414. The van der Waals surface area contributed by atoms with Gasteiger partial charge in [-0.1, -0.05) is 23.7 Å². The molecular formula is C26H22ClN3O2S. The maximum Gasteiger partial charge on any atom is 0.174 e. The molecule has 1 aliphatic heterocycles. The van der Waals surface area contributed by atoms with Crippen LogP contribution in [0.3, 0.4) is 0 Å². The van der Waals surface area contributed by atoms with E-state index in [-0.39, 0.29) is 12.1 Å². The van der Waals surface area contributed by atoms with Gasteiger partial charge in [0.2, 0.25) is 0 Å². The second kappa shape index (κ2) is 8.89. The number of benzene rings is 2. The van der Waals surface area contributed by atoms with Gasteiger partial charge >= 0.3 is 0 Å². The van der Waals surface area contributed by atoms with Crippen molar-refractivity contribution < 1.29 is 9.15 Å². The Hall–Kier alpha value is -3.35. The highest BCUT2D eigenvalue weighted by Crippen LogP contribution is 2.43. The van der Waals surface area contributed by atoms with Gasteiger partial charge in [0, 0.05) is 22.5 Å². The van der Waals surface area contributed by atoms with Crippen LogP contribution in [0.4, 0.5) is 5.69 Å². The molecule has 0 saturated carbocycles. The zero-order valence-electron chi connectivity index (χ0n) is 18.2. The van der Waals surface area contributed by atoms with E-state index in [1.807, 2.05) is 79.7 Å². The van der Waals surface area contributed by atoms with E-state index in [4.69, 9.17) is 33.0 Å². The molecule has 5 rings (SSSR count). The first kappa shape index (κ1) is 21.5. The Labute approximate surface area is 203 Å². The molecule has 1 N–H and O–H groups in total. The fourth-order valence-electron chi connectivity index (χ4n) is 4.18. The number of nitrogens with one attached hydrogen (secondary N) is 1. The largest absolute Gasteiger partial charge is 0.497 e. The van der Waals surface area contributed by atoms with Gasteiger partial charge in [-0.05, 0) is 85.4 Å². The maximum atomic E-state index is 6.43. The van der Waals surface area contributed by atoms with Gasteiger partial charge in [-0.3, -0.25) is 4.98 Å². The molecule has 0 amide bonds. The molecule has 5 nitrogen and oxygen atoms in total. The standard InChI is InChI=1S/C26H22ClN3O2S/c1-16-6-7-17(27)15-20(16)22-12-13-23(32-22)25-24(21-5-3-4-14-28-21)29-26(33)30(25)18-8-10-19(31-2)11-9-18/h3-15,24-25H,1-2H3,(H,29,33)/t24-,25-/m0/s1. The number of rotatable bonds is 5. The Balaban J connectivity index is 1.60. The smallest absolute Gasteiger partial charge is 0.174 e. The number of anilines is 1. The van der Waals surface area contributed by atoms with Crippen LogP contribution in [0.15, 0.2) is 83.4 Å². The summed E-state index contributed by atoms with van der Waals surface area (Å²) < 4.78 is 11.8. The molecule has 33 heavy (non-hydrogen) atoms. The molecule has 1 fully saturated rings. The third-order valence-corrected chi connectivity index (χ3v) is 6.38. The number of ether oxygens (including phenoxy) is 1. The lowest BCUT2D eigenvalue weighted by atomic mass is 10.0. The quantitative estimate of drug-likeness (QED) is 0.333. The van der Waals surface area contributed by atoms with Gasteiger partial charge in [-0.25, -0.2) is 0 Å². The van der Waals surface area contributed by atoms with Gasteiger partial charge in [-0.15, -0.1) is 0 Å². The van der Waals surface area contributed by atoms with Crippen LogP contribution >= 0.6 is 23.8 Å². The van der Waals surface area contributed by atoms with Crippen LogP contribution in [-0.4, -0.2) is 17.2 Å². The lowest BCUT2D eigenvalue weighted by Crippen LogP contribution is -2.29. The number of methoxy groups -OCH3 is 1. The summed E-state index contributed by atoms with van der Waals surface area (Å²) in [6.07, 6.45) is 1.79. The van der Waals surface area contributed by atoms with E-state index in [0.29, 0.717) is 10.1 Å². The zero-order chi connectivity index (χ0) is 22.9. The molecule has 3 heterocycles. The maximum absolute atomic E-state index is 6.43. The fourth-order valence-corrected chi connectivity index (χ4v) is 4.70. The molecule has 1 aliphatic rings. The predicted octanol–water partition coefficient (Wildman–Crippen LogP) is 6.49. The average molecular weight is 476 g/mol. The van der Waals surface area contributed by atoms with Crippen molar-refractivity contribution in [3.63, 3.8) is 0 Å². The van der Waals surface area contributed by atoms with Crippen LogP contribution in [0.25, 0.3) is 11.3 Å². The highest BCUT2D eigenvalue weighted by atomic mass is 35.5. The molecule has 2 atom stereocenters. The van der Waals surface area contributed by atoms with E-state index in [2.05, 4.69) is 15.2 Å². The van der Waals surface area contributed by atoms with Crippen LogP contribution in [-0.2, 0) is 0 Å². The Morgan fingerprint density at radius 3 is 2.61 bits per heavy atom. The molecule has 0 radical (unpaired) electrons. The highest BCUT2D eigenvalue weighted by molar-refractivity contribution is 7.80. The topological polar surface area (TPSA) is 50.5 Å². The Kier molecular flexibility index (Phi) is 5.79. The first-order valence-electron chi connectivity index (χ1n) is 10.6. The minimum atomic E-state index is -0.228. The predicted molar refractivity (Wildman–Crippen MR) is 135 cm³/mol. The number of halogens is 1. The number of furan rings is 1. The first-order chi connectivity index (χ1) is 16.0. The van der Waals surface area contributed by atoms with Crippen molar-refractivity contribution in [3.05, 3.63) is 101 Å². The van der Waals surface area contributed by atoms with Crippen molar-refractivity contribution in [1.82, 2.24) is 10.3 Å². The van der Waals surface area contributed by atoms with E-state index in [9.17, 15) is 0 Å². The fraction of sp³-hybridized carbons (Fsp3) is 0.154. The van der Waals surface area contributed by atoms with E-state index in [0.717, 1.165) is 39.8 Å². The Morgan fingerprint density at radius 1 is 1.06 bits per heavy atom. The molecule has 0 unspecified atom stereocenters. The van der Waals surface area contributed by atoms with Crippen molar-refractivity contribution in [1.29, 1.82) is 0 Å². The Bertz CT molecular complexity index is 1290. The van der Waals surface area contributed by atoms with Crippen molar-refractivity contribution in [2.75, 3.05) is 12.0 Å². The zero-order valence-corrected chi connectivity index (χ0v) is 19.7. The van der Waals surface area contributed by atoms with E-state index < -0.39 is 0 Å². The number of hydrogen-bond donors (Lipinski definition) is 1. The molecule has 166 valence electrons. The minimum Gasteiger partial charge on any atom is -0.497 e. The summed E-state index contributed by atoms with van der Waals surface area (Å²) in [5, 5.41) is 4.73. The summed E-state index contributed by atoms with van der Waals surface area (Å²) in [7, 11) is 1.65. The van der Waals surface area contributed by atoms with E-state index in [1.54, 1.807) is 13.3 Å². The third kappa shape index (κ3) is 4.08. The number of nitrogens with zero attached hydrogens (tertiary/aromatic N) is 2. The first-order valence-corrected chi connectivity index (χ1v) is 11.3. The molecular weight excluding hydrogens is 454 g/mol. The second-order valence-corrected chi connectivity index (χ2v) is 8.68. The number of thiocarbonyl (C=S) groups is 1. The number of aryl methyl sites for hydroxylation is 1. The number of pyridine rings is 1. The van der Waals surface area contributed by atoms with Crippen molar-refractivity contribution in [3.8, 4) is 17.1 Å². The summed E-state index contributed by atoms with van der Waals surface area (Å²) >= 11 is 12.0. The van der Waals surface area contributed by atoms with Gasteiger partial charge in [0.1, 0.15) is 23.3 Å². The van der Waals surface area contributed by atoms with Crippen LogP contribution in [0.1, 0.15) is 29.1 Å². The van der Waals surface area contributed by atoms with Gasteiger partial charge in [0.15, 0.2) is 5.11 Å². The van der Waals surface area contributed by atoms with Crippen molar-refractivity contribution in [2.24, 2.45) is 0 Å². The molecule has 2 aromatic carbocycles. The van der Waals surface area contributed by atoms with Gasteiger partial charge in [-0.2, -0.15) is 0 Å². The summed E-state index contributed by atoms with van der Waals surface area (Å²) in [6.45, 7) is 2.04. The van der Waals surface area contributed by atoms with Gasteiger partial charge in [0.25, 0.3) is 0 Å². The van der Waals surface area contributed by atoms with Crippen molar-refractivity contribution >= 4 is 34.6 Å². The summed E-state index contributed by atoms with van der Waals surface area (Å²) in [5.74, 6) is 2.33. The summed E-state index contributed by atoms with van der Waals surface area (Å²) in [6, 6.07) is 23.1. The molecule has 2 aromatic heterocycles. The third-order valence-electron chi connectivity index (χ3n) is 5.83. The van der Waals surface area contributed by atoms with Gasteiger partial charge < -0.3 is 19.4 Å². The molecule has 4 aromatic rings. The normalized spacial score (nSPS) is 17.8. The van der Waals surface area contributed by atoms with E-state index >= 15 is 0 Å². The molecule has 1 saturated heterocycles. The minimum absolute atomic E-state index is 0.180. The number of hydrogen-bond acceptors (Lipinski definition) is 4. The summed E-state index contributed by atoms with van der Waals surface area (Å²) in [5.41, 5.74) is 3.88.